The Hall–Kier alpha value is -1.88. The summed E-state index contributed by atoms with van der Waals surface area (Å²) in [5.41, 5.74) is 7.46. The van der Waals surface area contributed by atoms with Gasteiger partial charge in [-0.25, -0.2) is 0 Å². The summed E-state index contributed by atoms with van der Waals surface area (Å²) in [5, 5.41) is 11.0. The fraction of sp³-hybridized carbons (Fsp3) is 0.333. The molecule has 1 aromatic rings. The zero-order valence-electron chi connectivity index (χ0n) is 9.81. The number of nitrogens with one attached hydrogen (secondary N) is 1. The number of aliphatic carboxylic acids is 1. The van der Waals surface area contributed by atoms with Crippen molar-refractivity contribution < 1.29 is 14.7 Å². The van der Waals surface area contributed by atoms with Gasteiger partial charge in [-0.15, -0.1) is 0 Å². The molecule has 0 aromatic heterocycles. The Balaban J connectivity index is 2.70. The highest BCUT2D eigenvalue weighted by Crippen LogP contribution is 2.11. The molecule has 5 heteroatoms. The van der Waals surface area contributed by atoms with Gasteiger partial charge < -0.3 is 16.2 Å². The number of aryl methyl sites for hydroxylation is 1. The van der Waals surface area contributed by atoms with E-state index >= 15 is 0 Å². The van der Waals surface area contributed by atoms with Crippen molar-refractivity contribution in [2.45, 2.75) is 25.9 Å². The van der Waals surface area contributed by atoms with Crippen LogP contribution in [0.1, 0.15) is 24.1 Å². The standard InChI is InChI=1S/C12H16N2O3/c1-7-3-5-9(6-4-7)10(13)11(15)14-8(2)12(16)17/h3-6,8,10H,13H2,1-2H3,(H,14,15)(H,16,17). The third-order valence-electron chi connectivity index (χ3n) is 2.45. The lowest BCUT2D eigenvalue weighted by Gasteiger charge is -2.15. The van der Waals surface area contributed by atoms with Crippen molar-refractivity contribution in [3.8, 4) is 0 Å². The number of amides is 1. The molecule has 4 N–H and O–H groups in total. The molecule has 0 bridgehead atoms. The molecule has 2 unspecified atom stereocenters. The van der Waals surface area contributed by atoms with Crippen molar-refractivity contribution in [2.24, 2.45) is 5.73 Å². The Morgan fingerprint density at radius 1 is 1.29 bits per heavy atom. The van der Waals surface area contributed by atoms with Crippen LogP contribution in [0.15, 0.2) is 24.3 Å². The average molecular weight is 236 g/mol. The van der Waals surface area contributed by atoms with Crippen LogP contribution in [0.25, 0.3) is 0 Å². The topological polar surface area (TPSA) is 92.4 Å². The van der Waals surface area contributed by atoms with Crippen molar-refractivity contribution in [2.75, 3.05) is 0 Å². The van der Waals surface area contributed by atoms with E-state index in [9.17, 15) is 9.59 Å². The minimum Gasteiger partial charge on any atom is -0.480 e. The first-order valence-corrected chi connectivity index (χ1v) is 5.27. The predicted octanol–water partition coefficient (Wildman–Crippen LogP) is 0.584. The number of carboxylic acid groups (broad SMARTS) is 1. The molecule has 0 saturated carbocycles. The SMILES string of the molecule is Cc1ccc(C(N)C(=O)NC(C)C(=O)O)cc1. The summed E-state index contributed by atoms with van der Waals surface area (Å²) < 4.78 is 0. The van der Waals surface area contributed by atoms with Crippen LogP contribution in [0.4, 0.5) is 0 Å². The molecule has 1 rings (SSSR count). The van der Waals surface area contributed by atoms with E-state index in [0.717, 1.165) is 5.56 Å². The van der Waals surface area contributed by atoms with Gasteiger partial charge in [0.15, 0.2) is 0 Å². The molecule has 2 atom stereocenters. The van der Waals surface area contributed by atoms with Crippen LogP contribution in [0, 0.1) is 6.92 Å². The van der Waals surface area contributed by atoms with Crippen LogP contribution in [0.3, 0.4) is 0 Å². The molecule has 5 nitrogen and oxygen atoms in total. The Labute approximate surface area is 99.6 Å². The smallest absolute Gasteiger partial charge is 0.325 e. The van der Waals surface area contributed by atoms with E-state index < -0.39 is 24.0 Å². The number of benzene rings is 1. The molecular weight excluding hydrogens is 220 g/mol. The minimum atomic E-state index is -1.09. The summed E-state index contributed by atoms with van der Waals surface area (Å²) in [5.74, 6) is -1.58. The van der Waals surface area contributed by atoms with Gasteiger partial charge in [0.05, 0.1) is 0 Å². The molecule has 0 aliphatic carbocycles. The molecule has 0 heterocycles. The van der Waals surface area contributed by atoms with Gasteiger partial charge in [-0.05, 0) is 19.4 Å². The summed E-state index contributed by atoms with van der Waals surface area (Å²) in [7, 11) is 0. The summed E-state index contributed by atoms with van der Waals surface area (Å²) in [6.07, 6.45) is 0. The fourth-order valence-corrected chi connectivity index (χ4v) is 1.29. The van der Waals surface area contributed by atoms with E-state index in [1.165, 1.54) is 6.92 Å². The third kappa shape index (κ3) is 3.57. The summed E-state index contributed by atoms with van der Waals surface area (Å²) in [4.78, 5) is 22.2. The number of carbonyl (C=O) groups is 2. The van der Waals surface area contributed by atoms with E-state index in [0.29, 0.717) is 5.56 Å². The second kappa shape index (κ2) is 5.45. The van der Waals surface area contributed by atoms with Gasteiger partial charge in [-0.3, -0.25) is 9.59 Å². The van der Waals surface area contributed by atoms with Gasteiger partial charge in [-0.1, -0.05) is 29.8 Å². The molecule has 1 amide bonds. The van der Waals surface area contributed by atoms with Gasteiger partial charge in [0.1, 0.15) is 12.1 Å². The molecule has 0 fully saturated rings. The molecule has 0 aliphatic rings. The molecule has 17 heavy (non-hydrogen) atoms. The fourth-order valence-electron chi connectivity index (χ4n) is 1.29. The molecule has 1 aromatic carbocycles. The van der Waals surface area contributed by atoms with Crippen LogP contribution in [-0.2, 0) is 9.59 Å². The second-order valence-electron chi connectivity index (χ2n) is 3.96. The van der Waals surface area contributed by atoms with Gasteiger partial charge in [0.2, 0.25) is 5.91 Å². The minimum absolute atomic E-state index is 0.497. The largest absolute Gasteiger partial charge is 0.480 e. The number of carbonyl (C=O) groups excluding carboxylic acids is 1. The number of carboxylic acids is 1. The monoisotopic (exact) mass is 236 g/mol. The van der Waals surface area contributed by atoms with Gasteiger partial charge in [0, 0.05) is 0 Å². The highest BCUT2D eigenvalue weighted by atomic mass is 16.4. The Bertz CT molecular complexity index is 414. The van der Waals surface area contributed by atoms with Gasteiger partial charge in [-0.2, -0.15) is 0 Å². The van der Waals surface area contributed by atoms with E-state index in [4.69, 9.17) is 10.8 Å². The molecule has 0 radical (unpaired) electrons. The highest BCUT2D eigenvalue weighted by molar-refractivity contribution is 5.87. The Morgan fingerprint density at radius 2 is 1.82 bits per heavy atom. The highest BCUT2D eigenvalue weighted by Gasteiger charge is 2.20. The predicted molar refractivity (Wildman–Crippen MR) is 63.3 cm³/mol. The third-order valence-corrected chi connectivity index (χ3v) is 2.45. The molecule has 0 saturated heterocycles. The number of rotatable bonds is 4. The first kappa shape index (κ1) is 13.2. The summed E-state index contributed by atoms with van der Waals surface area (Å²) in [6.45, 7) is 3.32. The van der Waals surface area contributed by atoms with Crippen LogP contribution in [0.5, 0.6) is 0 Å². The zero-order chi connectivity index (χ0) is 13.0. The maximum Gasteiger partial charge on any atom is 0.325 e. The van der Waals surface area contributed by atoms with E-state index in [2.05, 4.69) is 5.32 Å². The maximum absolute atomic E-state index is 11.6. The second-order valence-corrected chi connectivity index (χ2v) is 3.96. The molecular formula is C12H16N2O3. The van der Waals surface area contributed by atoms with Crippen molar-refractivity contribution >= 4 is 11.9 Å². The summed E-state index contributed by atoms with van der Waals surface area (Å²) in [6, 6.07) is 5.42. The average Bonchev–Trinajstić information content (AvgIpc) is 2.28. The van der Waals surface area contributed by atoms with E-state index in [1.54, 1.807) is 12.1 Å². The normalized spacial score (nSPS) is 13.8. The lowest BCUT2D eigenvalue weighted by atomic mass is 10.1. The van der Waals surface area contributed by atoms with E-state index in [1.807, 2.05) is 19.1 Å². The summed E-state index contributed by atoms with van der Waals surface area (Å²) >= 11 is 0. The van der Waals surface area contributed by atoms with Crippen LogP contribution < -0.4 is 11.1 Å². The van der Waals surface area contributed by atoms with Crippen molar-refractivity contribution in [1.29, 1.82) is 0 Å². The van der Waals surface area contributed by atoms with Crippen LogP contribution in [0.2, 0.25) is 0 Å². The van der Waals surface area contributed by atoms with Gasteiger partial charge >= 0.3 is 5.97 Å². The number of hydrogen-bond acceptors (Lipinski definition) is 3. The lowest BCUT2D eigenvalue weighted by Crippen LogP contribution is -2.43. The van der Waals surface area contributed by atoms with Crippen molar-refractivity contribution in [1.82, 2.24) is 5.32 Å². The molecule has 92 valence electrons. The zero-order valence-corrected chi connectivity index (χ0v) is 9.81. The lowest BCUT2D eigenvalue weighted by molar-refractivity contribution is -0.141. The van der Waals surface area contributed by atoms with Crippen LogP contribution in [-0.4, -0.2) is 23.0 Å². The number of nitrogens with two attached hydrogens (primary N) is 1. The van der Waals surface area contributed by atoms with Crippen molar-refractivity contribution in [3.63, 3.8) is 0 Å². The first-order chi connectivity index (χ1) is 7.91. The Morgan fingerprint density at radius 3 is 2.29 bits per heavy atom. The molecule has 0 spiro atoms. The first-order valence-electron chi connectivity index (χ1n) is 5.27. The van der Waals surface area contributed by atoms with Crippen LogP contribution >= 0.6 is 0 Å². The van der Waals surface area contributed by atoms with E-state index in [-0.39, 0.29) is 0 Å². The Kier molecular flexibility index (Phi) is 4.23. The van der Waals surface area contributed by atoms with Gasteiger partial charge in [0.25, 0.3) is 0 Å². The number of hydrogen-bond donors (Lipinski definition) is 3. The van der Waals surface area contributed by atoms with Crippen molar-refractivity contribution in [3.05, 3.63) is 35.4 Å². The maximum atomic E-state index is 11.6. The molecule has 0 aliphatic heterocycles. The quantitative estimate of drug-likeness (QED) is 0.713.